The number of amides is 1. The highest BCUT2D eigenvalue weighted by Gasteiger charge is 2.22. The molecular weight excluding hydrogens is 474 g/mol. The highest BCUT2D eigenvalue weighted by molar-refractivity contribution is 9.11. The average Bonchev–Trinajstić information content (AvgIpc) is 2.57. The van der Waals surface area contributed by atoms with E-state index in [1.165, 1.54) is 0 Å². The summed E-state index contributed by atoms with van der Waals surface area (Å²) < 4.78 is 13.6. The zero-order valence-electron chi connectivity index (χ0n) is 12.9. The van der Waals surface area contributed by atoms with Gasteiger partial charge in [-0.25, -0.2) is 4.79 Å². The van der Waals surface area contributed by atoms with Crippen molar-refractivity contribution in [2.24, 2.45) is 0 Å². The minimum absolute atomic E-state index is 0.0672. The summed E-state index contributed by atoms with van der Waals surface area (Å²) >= 11 is 6.57. The number of hydrogen-bond acceptors (Lipinski definition) is 3. The van der Waals surface area contributed by atoms with E-state index in [4.69, 9.17) is 0 Å². The minimum atomic E-state index is -1.32. The van der Waals surface area contributed by atoms with Crippen molar-refractivity contribution in [3.63, 3.8) is 0 Å². The highest BCUT2D eigenvalue weighted by atomic mass is 79.9. The first-order chi connectivity index (χ1) is 11.9. The molecule has 0 spiro atoms. The van der Waals surface area contributed by atoms with Crippen LogP contribution in [-0.2, 0) is 15.6 Å². The van der Waals surface area contributed by atoms with E-state index in [-0.39, 0.29) is 12.2 Å². The molecule has 0 bridgehead atoms. The molecule has 25 heavy (non-hydrogen) atoms. The van der Waals surface area contributed by atoms with Crippen molar-refractivity contribution in [1.29, 1.82) is 0 Å². The molecule has 0 radical (unpaired) electrons. The maximum absolute atomic E-state index is 12.3. The first kappa shape index (κ1) is 19.8. The SMILES string of the molecule is O=C(N[C@H](CC[S@](=O)c1ccccc1)C(=O)O)c1cc(Br)cc(Br)c1. The van der Waals surface area contributed by atoms with Gasteiger partial charge in [-0.05, 0) is 36.8 Å². The number of benzene rings is 2. The van der Waals surface area contributed by atoms with Gasteiger partial charge in [0.25, 0.3) is 5.91 Å². The number of carboxylic acid groups (broad SMARTS) is 1. The molecule has 2 rings (SSSR count). The van der Waals surface area contributed by atoms with Gasteiger partial charge in [-0.2, -0.15) is 0 Å². The molecule has 2 atom stereocenters. The number of hydrogen-bond donors (Lipinski definition) is 2. The second kappa shape index (κ2) is 9.26. The van der Waals surface area contributed by atoms with Crippen LogP contribution in [0.25, 0.3) is 0 Å². The third-order valence-corrected chi connectivity index (χ3v) is 5.65. The fourth-order valence-corrected chi connectivity index (χ4v) is 4.54. The van der Waals surface area contributed by atoms with E-state index in [9.17, 15) is 18.9 Å². The average molecular weight is 489 g/mol. The Labute approximate surface area is 164 Å². The van der Waals surface area contributed by atoms with Gasteiger partial charge >= 0.3 is 5.97 Å². The standard InChI is InChI=1S/C17H15Br2NO4S/c18-12-8-11(9-13(19)10-12)16(21)20-15(17(22)23)6-7-25(24)14-4-2-1-3-5-14/h1-5,8-10,15H,6-7H2,(H,20,21)(H,22,23)/t15-,25+/m1/s1. The van der Waals surface area contributed by atoms with Gasteiger partial charge in [-0.3, -0.25) is 9.00 Å². The summed E-state index contributed by atoms with van der Waals surface area (Å²) in [6.45, 7) is 0. The molecule has 8 heteroatoms. The van der Waals surface area contributed by atoms with E-state index < -0.39 is 28.7 Å². The summed E-state index contributed by atoms with van der Waals surface area (Å²) in [6, 6.07) is 12.7. The Morgan fingerprint density at radius 1 is 1.08 bits per heavy atom. The number of aliphatic carboxylic acids is 1. The number of carbonyl (C=O) groups excluding carboxylic acids is 1. The van der Waals surface area contributed by atoms with Crippen LogP contribution in [-0.4, -0.2) is 33.0 Å². The lowest BCUT2D eigenvalue weighted by molar-refractivity contribution is -0.139. The molecule has 0 saturated heterocycles. The topological polar surface area (TPSA) is 83.5 Å². The third kappa shape index (κ3) is 6.05. The summed E-state index contributed by atoms with van der Waals surface area (Å²) in [7, 11) is -1.32. The van der Waals surface area contributed by atoms with Crippen LogP contribution in [0.15, 0.2) is 62.4 Å². The van der Waals surface area contributed by atoms with Crippen LogP contribution in [0.5, 0.6) is 0 Å². The minimum Gasteiger partial charge on any atom is -0.480 e. The Hall–Kier alpha value is -1.51. The van der Waals surface area contributed by atoms with Gasteiger partial charge in [-0.15, -0.1) is 0 Å². The van der Waals surface area contributed by atoms with E-state index in [2.05, 4.69) is 37.2 Å². The lowest BCUT2D eigenvalue weighted by atomic mass is 10.1. The van der Waals surface area contributed by atoms with Crippen LogP contribution in [0.4, 0.5) is 0 Å². The van der Waals surface area contributed by atoms with Gasteiger partial charge in [0.1, 0.15) is 6.04 Å². The zero-order chi connectivity index (χ0) is 18.4. The van der Waals surface area contributed by atoms with Crippen molar-refractivity contribution in [3.8, 4) is 0 Å². The lowest BCUT2D eigenvalue weighted by Crippen LogP contribution is -2.41. The lowest BCUT2D eigenvalue weighted by Gasteiger charge is -2.15. The van der Waals surface area contributed by atoms with Crippen LogP contribution >= 0.6 is 31.9 Å². The van der Waals surface area contributed by atoms with Gasteiger partial charge in [-0.1, -0.05) is 50.1 Å². The Kier molecular flexibility index (Phi) is 7.34. The molecule has 0 unspecified atom stereocenters. The van der Waals surface area contributed by atoms with Crippen molar-refractivity contribution < 1.29 is 18.9 Å². The molecule has 0 fully saturated rings. The Morgan fingerprint density at radius 3 is 2.24 bits per heavy atom. The molecule has 132 valence electrons. The van der Waals surface area contributed by atoms with E-state index in [0.29, 0.717) is 19.4 Å². The summed E-state index contributed by atoms with van der Waals surface area (Å²) in [5.74, 6) is -1.52. The number of carbonyl (C=O) groups is 2. The zero-order valence-corrected chi connectivity index (χ0v) is 16.9. The van der Waals surface area contributed by atoms with E-state index in [1.807, 2.05) is 6.07 Å². The number of rotatable bonds is 7. The van der Waals surface area contributed by atoms with E-state index in [1.54, 1.807) is 42.5 Å². The normalized spacial score (nSPS) is 13.0. The molecule has 2 N–H and O–H groups in total. The Bertz CT molecular complexity index is 778. The Morgan fingerprint density at radius 2 is 1.68 bits per heavy atom. The molecule has 5 nitrogen and oxygen atoms in total. The molecule has 2 aromatic carbocycles. The van der Waals surface area contributed by atoms with Gasteiger partial charge in [0, 0.05) is 25.2 Å². The molecule has 0 aliphatic rings. The largest absolute Gasteiger partial charge is 0.480 e. The number of carboxylic acids is 1. The molecule has 1 amide bonds. The smallest absolute Gasteiger partial charge is 0.326 e. The van der Waals surface area contributed by atoms with Crippen LogP contribution in [0.2, 0.25) is 0 Å². The van der Waals surface area contributed by atoms with Gasteiger partial charge < -0.3 is 10.4 Å². The molecule has 0 aliphatic carbocycles. The predicted octanol–water partition coefficient (Wildman–Crippen LogP) is 3.59. The maximum atomic E-state index is 12.3. The predicted molar refractivity (Wildman–Crippen MR) is 103 cm³/mol. The van der Waals surface area contributed by atoms with Crippen LogP contribution in [0, 0.1) is 0 Å². The third-order valence-electron chi connectivity index (χ3n) is 3.33. The van der Waals surface area contributed by atoms with Crippen molar-refractivity contribution in [3.05, 3.63) is 63.0 Å². The second-order valence-electron chi connectivity index (χ2n) is 5.17. The van der Waals surface area contributed by atoms with Gasteiger partial charge in [0.15, 0.2) is 0 Å². The van der Waals surface area contributed by atoms with Crippen molar-refractivity contribution >= 4 is 54.5 Å². The summed E-state index contributed by atoms with van der Waals surface area (Å²) in [5.41, 5.74) is 0.330. The second-order valence-corrected chi connectivity index (χ2v) is 8.58. The van der Waals surface area contributed by atoms with Crippen molar-refractivity contribution in [2.75, 3.05) is 5.75 Å². The number of halogens is 2. The van der Waals surface area contributed by atoms with Crippen LogP contribution in [0.1, 0.15) is 16.8 Å². The molecule has 0 aliphatic heterocycles. The van der Waals surface area contributed by atoms with E-state index >= 15 is 0 Å². The van der Waals surface area contributed by atoms with Crippen LogP contribution in [0.3, 0.4) is 0 Å². The maximum Gasteiger partial charge on any atom is 0.326 e. The van der Waals surface area contributed by atoms with Crippen molar-refractivity contribution in [1.82, 2.24) is 5.32 Å². The first-order valence-corrected chi connectivity index (χ1v) is 10.2. The molecule has 0 aromatic heterocycles. The number of nitrogens with one attached hydrogen (secondary N) is 1. The molecule has 0 heterocycles. The molecule has 0 saturated carbocycles. The van der Waals surface area contributed by atoms with Crippen LogP contribution < -0.4 is 5.32 Å². The van der Waals surface area contributed by atoms with E-state index in [0.717, 1.165) is 0 Å². The Balaban J connectivity index is 2.02. The highest BCUT2D eigenvalue weighted by Crippen LogP contribution is 2.20. The first-order valence-electron chi connectivity index (χ1n) is 7.30. The molecular formula is C17H15Br2NO4S. The summed E-state index contributed by atoms with van der Waals surface area (Å²) in [4.78, 5) is 24.3. The van der Waals surface area contributed by atoms with Crippen molar-refractivity contribution in [2.45, 2.75) is 17.4 Å². The monoisotopic (exact) mass is 487 g/mol. The quantitative estimate of drug-likeness (QED) is 0.623. The molecule has 2 aromatic rings. The summed E-state index contributed by atoms with van der Waals surface area (Å²) in [5, 5.41) is 11.8. The summed E-state index contributed by atoms with van der Waals surface area (Å²) in [6.07, 6.45) is 0.0672. The van der Waals surface area contributed by atoms with Gasteiger partial charge in [0.2, 0.25) is 0 Å². The fraction of sp³-hybridized carbons (Fsp3) is 0.176. The fourth-order valence-electron chi connectivity index (χ4n) is 2.10. The van der Waals surface area contributed by atoms with Gasteiger partial charge in [0.05, 0.1) is 10.8 Å².